The number of nitrogens with zero attached hydrogens (tertiary/aromatic N) is 2. The Bertz CT molecular complexity index is 876. The first-order chi connectivity index (χ1) is 12.5. The largest absolute Gasteiger partial charge is 0.507 e. The topological polar surface area (TPSA) is 54.3 Å². The maximum atomic E-state index is 10.3. The molecule has 0 fully saturated rings. The van der Waals surface area contributed by atoms with Crippen LogP contribution in [0.2, 0.25) is 0 Å². The van der Waals surface area contributed by atoms with E-state index in [2.05, 4.69) is 19.9 Å². The van der Waals surface area contributed by atoms with Crippen molar-refractivity contribution in [2.75, 3.05) is 7.11 Å². The van der Waals surface area contributed by atoms with Gasteiger partial charge in [-0.2, -0.15) is 5.10 Å². The second-order valence-electron chi connectivity index (χ2n) is 7.30. The van der Waals surface area contributed by atoms with Gasteiger partial charge in [0, 0.05) is 23.5 Å². The molecule has 26 heavy (non-hydrogen) atoms. The van der Waals surface area contributed by atoms with Crippen LogP contribution in [0.5, 0.6) is 17.2 Å². The van der Waals surface area contributed by atoms with Crippen LogP contribution in [0.25, 0.3) is 0 Å². The number of ether oxygens (including phenoxy) is 2. The molecule has 136 valence electrons. The standard InChI is InChI=1S/C21H24N2O3/c1-12(2)21-23-17(14-6-5-7-19(25-4)20(14)26-21)11-16(22-23)15-10-13(3)8-9-18(15)24/h5-10,12,17,21,24H,11H2,1-4H3/t17-,21-/m0/s1. The lowest BCUT2D eigenvalue weighted by molar-refractivity contribution is -0.0476. The highest BCUT2D eigenvalue weighted by molar-refractivity contribution is 6.04. The minimum absolute atomic E-state index is 0.0798. The Morgan fingerprint density at radius 1 is 1.27 bits per heavy atom. The summed E-state index contributed by atoms with van der Waals surface area (Å²) in [7, 11) is 1.66. The van der Waals surface area contributed by atoms with E-state index in [1.54, 1.807) is 13.2 Å². The van der Waals surface area contributed by atoms with Crippen molar-refractivity contribution < 1.29 is 14.6 Å². The van der Waals surface area contributed by atoms with E-state index in [9.17, 15) is 5.11 Å². The molecule has 0 aromatic heterocycles. The maximum Gasteiger partial charge on any atom is 0.190 e. The zero-order valence-electron chi connectivity index (χ0n) is 15.6. The molecular weight excluding hydrogens is 328 g/mol. The summed E-state index contributed by atoms with van der Waals surface area (Å²) in [6, 6.07) is 11.7. The summed E-state index contributed by atoms with van der Waals surface area (Å²) < 4.78 is 11.8. The molecule has 0 spiro atoms. The molecule has 2 aliphatic rings. The average molecular weight is 352 g/mol. The summed E-state index contributed by atoms with van der Waals surface area (Å²) in [4.78, 5) is 0. The van der Waals surface area contributed by atoms with E-state index in [1.807, 2.05) is 36.2 Å². The number of hydrogen-bond donors (Lipinski definition) is 1. The van der Waals surface area contributed by atoms with E-state index in [0.29, 0.717) is 0 Å². The van der Waals surface area contributed by atoms with Crippen LogP contribution < -0.4 is 9.47 Å². The molecule has 0 bridgehead atoms. The van der Waals surface area contributed by atoms with E-state index in [-0.39, 0.29) is 23.9 Å². The second kappa shape index (κ2) is 6.24. The SMILES string of the molecule is COc1cccc2c1O[C@@H](C(C)C)N1N=C(c3cc(C)ccc3O)C[C@@H]21. The van der Waals surface area contributed by atoms with Crippen LogP contribution in [0, 0.1) is 12.8 Å². The molecule has 0 saturated carbocycles. The predicted octanol–water partition coefficient (Wildman–Crippen LogP) is 4.23. The molecule has 0 aliphatic carbocycles. The number of rotatable bonds is 3. The fraction of sp³-hybridized carbons (Fsp3) is 0.381. The molecule has 2 aromatic rings. The summed E-state index contributed by atoms with van der Waals surface area (Å²) in [6.07, 6.45) is 0.553. The Morgan fingerprint density at radius 2 is 2.08 bits per heavy atom. The van der Waals surface area contributed by atoms with Crippen molar-refractivity contribution in [3.05, 3.63) is 53.1 Å². The van der Waals surface area contributed by atoms with Gasteiger partial charge in [0.25, 0.3) is 0 Å². The van der Waals surface area contributed by atoms with E-state index in [4.69, 9.17) is 14.6 Å². The monoisotopic (exact) mass is 352 g/mol. The molecule has 1 N–H and O–H groups in total. The number of hydrogen-bond acceptors (Lipinski definition) is 5. The van der Waals surface area contributed by atoms with E-state index in [1.165, 1.54) is 0 Å². The normalized spacial score (nSPS) is 21.1. The lowest BCUT2D eigenvalue weighted by atomic mass is 9.94. The number of aryl methyl sites for hydroxylation is 1. The Kier molecular flexibility index (Phi) is 4.02. The van der Waals surface area contributed by atoms with Crippen LogP contribution in [-0.2, 0) is 0 Å². The van der Waals surface area contributed by atoms with Crippen LogP contribution in [0.4, 0.5) is 0 Å². The van der Waals surface area contributed by atoms with Gasteiger partial charge in [-0.25, -0.2) is 5.01 Å². The quantitative estimate of drug-likeness (QED) is 0.898. The van der Waals surface area contributed by atoms with Crippen molar-refractivity contribution in [3.8, 4) is 17.2 Å². The Labute approximate surface area is 153 Å². The van der Waals surface area contributed by atoms with Gasteiger partial charge in [-0.15, -0.1) is 0 Å². The van der Waals surface area contributed by atoms with Gasteiger partial charge in [-0.3, -0.25) is 0 Å². The maximum absolute atomic E-state index is 10.3. The Morgan fingerprint density at radius 3 is 2.81 bits per heavy atom. The van der Waals surface area contributed by atoms with Gasteiger partial charge in [0.1, 0.15) is 5.75 Å². The summed E-state index contributed by atoms with van der Waals surface area (Å²) in [5.41, 5.74) is 3.86. The first kappa shape index (κ1) is 16.8. The van der Waals surface area contributed by atoms with Crippen molar-refractivity contribution in [2.45, 2.75) is 39.5 Å². The van der Waals surface area contributed by atoms with Gasteiger partial charge in [0.05, 0.1) is 18.9 Å². The Hall–Kier alpha value is -2.69. The van der Waals surface area contributed by atoms with E-state index >= 15 is 0 Å². The summed E-state index contributed by atoms with van der Waals surface area (Å²) in [6.45, 7) is 6.27. The smallest absolute Gasteiger partial charge is 0.190 e. The lowest BCUT2D eigenvalue weighted by Gasteiger charge is -2.40. The summed E-state index contributed by atoms with van der Waals surface area (Å²) in [5, 5.41) is 17.2. The van der Waals surface area contributed by atoms with Crippen LogP contribution in [0.15, 0.2) is 41.5 Å². The van der Waals surface area contributed by atoms with Crippen LogP contribution in [-0.4, -0.2) is 29.2 Å². The summed E-state index contributed by atoms with van der Waals surface area (Å²) in [5.74, 6) is 2.08. The second-order valence-corrected chi connectivity index (χ2v) is 7.30. The number of para-hydroxylation sites is 1. The van der Waals surface area contributed by atoms with Gasteiger partial charge in [0.2, 0.25) is 0 Å². The molecule has 0 unspecified atom stereocenters. The van der Waals surface area contributed by atoms with Crippen molar-refractivity contribution in [2.24, 2.45) is 11.0 Å². The predicted molar refractivity (Wildman–Crippen MR) is 101 cm³/mol. The van der Waals surface area contributed by atoms with Gasteiger partial charge < -0.3 is 14.6 Å². The zero-order valence-corrected chi connectivity index (χ0v) is 15.6. The van der Waals surface area contributed by atoms with Gasteiger partial charge in [-0.05, 0) is 25.1 Å². The highest BCUT2D eigenvalue weighted by Gasteiger charge is 2.42. The highest BCUT2D eigenvalue weighted by Crippen LogP contribution is 2.48. The first-order valence-electron chi connectivity index (χ1n) is 8.99. The number of hydrazone groups is 1. The van der Waals surface area contributed by atoms with Crippen LogP contribution >= 0.6 is 0 Å². The fourth-order valence-electron chi connectivity index (χ4n) is 3.76. The van der Waals surface area contributed by atoms with Gasteiger partial charge in [0.15, 0.2) is 17.7 Å². The molecule has 5 nitrogen and oxygen atoms in total. The minimum atomic E-state index is -0.173. The number of phenols is 1. The number of phenolic OH excluding ortho intramolecular Hbond substituents is 1. The average Bonchev–Trinajstić information content (AvgIpc) is 3.07. The highest BCUT2D eigenvalue weighted by atomic mass is 16.5. The third-order valence-corrected chi connectivity index (χ3v) is 5.06. The molecule has 0 amide bonds. The fourth-order valence-corrected chi connectivity index (χ4v) is 3.76. The third-order valence-electron chi connectivity index (χ3n) is 5.06. The van der Waals surface area contributed by atoms with Crippen molar-refractivity contribution in [1.29, 1.82) is 0 Å². The zero-order chi connectivity index (χ0) is 18.4. The molecule has 4 rings (SSSR count). The van der Waals surface area contributed by atoms with Crippen molar-refractivity contribution in [3.63, 3.8) is 0 Å². The molecule has 5 heteroatoms. The number of fused-ring (bicyclic) bond motifs is 3. The Balaban J connectivity index is 1.80. The summed E-state index contributed by atoms with van der Waals surface area (Å²) >= 11 is 0. The van der Waals surface area contributed by atoms with E-state index < -0.39 is 0 Å². The van der Waals surface area contributed by atoms with E-state index in [0.717, 1.165) is 40.3 Å². The minimum Gasteiger partial charge on any atom is -0.507 e. The molecule has 0 saturated heterocycles. The number of benzene rings is 2. The molecule has 2 aromatic carbocycles. The molecule has 2 heterocycles. The number of aromatic hydroxyl groups is 1. The molecule has 0 radical (unpaired) electrons. The first-order valence-corrected chi connectivity index (χ1v) is 8.99. The molecule has 2 aliphatic heterocycles. The molecule has 2 atom stereocenters. The van der Waals surface area contributed by atoms with Gasteiger partial charge >= 0.3 is 0 Å². The van der Waals surface area contributed by atoms with Crippen LogP contribution in [0.3, 0.4) is 0 Å². The van der Waals surface area contributed by atoms with Gasteiger partial charge in [-0.1, -0.05) is 37.6 Å². The lowest BCUT2D eigenvalue weighted by Crippen LogP contribution is -2.43. The van der Waals surface area contributed by atoms with Crippen molar-refractivity contribution in [1.82, 2.24) is 5.01 Å². The molecular formula is C21H24N2O3. The van der Waals surface area contributed by atoms with Crippen LogP contribution in [0.1, 0.15) is 43.0 Å². The number of methoxy groups -OCH3 is 1. The van der Waals surface area contributed by atoms with Crippen molar-refractivity contribution >= 4 is 5.71 Å². The third kappa shape index (κ3) is 2.59.